The number of aryl methyl sites for hydroxylation is 2. The van der Waals surface area contributed by atoms with Gasteiger partial charge in [-0.05, 0) is 24.3 Å². The van der Waals surface area contributed by atoms with Crippen molar-refractivity contribution in [2.45, 2.75) is 0 Å². The molecule has 0 spiro atoms. The molecule has 0 atom stereocenters. The van der Waals surface area contributed by atoms with Crippen molar-refractivity contribution in [2.75, 3.05) is 0 Å². The van der Waals surface area contributed by atoms with Crippen molar-refractivity contribution in [2.24, 2.45) is 14.1 Å². The average molecular weight is 836 g/mol. The van der Waals surface area contributed by atoms with E-state index in [1.165, 1.54) is 28.8 Å². The molecule has 4 aromatic heterocycles. The maximum atomic E-state index is 11.5. The number of pyridine rings is 4. The number of carbonyl (C=O) groups is 4. The average Bonchev–Trinajstić information content (AvgIpc) is 3.13. The molecule has 0 fully saturated rings. The van der Waals surface area contributed by atoms with Crippen LogP contribution in [0.4, 0.5) is 0 Å². The second-order valence-corrected chi connectivity index (χ2v) is 10.5. The molecular formula is C36H26N6O8RuS2+2. The van der Waals surface area contributed by atoms with Gasteiger partial charge in [0.1, 0.15) is 37.0 Å². The van der Waals surface area contributed by atoms with E-state index >= 15 is 0 Å². The fraction of sp³-hybridized carbons (Fsp3) is 0.0556. The summed E-state index contributed by atoms with van der Waals surface area (Å²) in [5.41, 5.74) is 3.73. The summed E-state index contributed by atoms with van der Waals surface area (Å²) in [6.07, 6.45) is 3.36. The van der Waals surface area contributed by atoms with Crippen LogP contribution in [0.15, 0.2) is 97.3 Å². The van der Waals surface area contributed by atoms with Crippen molar-refractivity contribution in [3.63, 3.8) is 0 Å². The summed E-state index contributed by atoms with van der Waals surface area (Å²) in [4.78, 5) is 53.0. The first kappa shape index (κ1) is 42.7. The summed E-state index contributed by atoms with van der Waals surface area (Å²) in [7, 11) is 3.59. The number of rotatable bonds is 8. The van der Waals surface area contributed by atoms with E-state index in [9.17, 15) is 24.3 Å². The number of thiocarbonyl (C=S) groups is 1. The second kappa shape index (κ2) is 21.1. The van der Waals surface area contributed by atoms with Crippen molar-refractivity contribution in [1.82, 2.24) is 9.97 Å². The van der Waals surface area contributed by atoms with Crippen LogP contribution < -0.4 is 18.6 Å². The number of nitriles is 1. The van der Waals surface area contributed by atoms with Crippen LogP contribution in [0.3, 0.4) is 0 Å². The minimum atomic E-state index is -1.05. The van der Waals surface area contributed by atoms with Gasteiger partial charge in [0.15, 0.2) is 12.4 Å². The number of benzene rings is 2. The summed E-state index contributed by atoms with van der Waals surface area (Å²) in [5.74, 6) is -1.28. The molecule has 4 heterocycles. The van der Waals surface area contributed by atoms with Crippen LogP contribution in [-0.2, 0) is 55.8 Å². The number of isothiocyanates is 1. The van der Waals surface area contributed by atoms with E-state index in [0.29, 0.717) is 63.6 Å². The first-order valence-corrected chi connectivity index (χ1v) is 15.3. The number of aromatic carboxylic acids is 2. The van der Waals surface area contributed by atoms with Crippen LogP contribution >= 0.6 is 12.2 Å². The number of aromatic nitrogens is 4. The van der Waals surface area contributed by atoms with Gasteiger partial charge in [0.25, 0.3) is 12.9 Å². The van der Waals surface area contributed by atoms with E-state index in [0.717, 1.165) is 5.39 Å². The smallest absolute Gasteiger partial charge is 0.753 e. The predicted octanol–water partition coefficient (Wildman–Crippen LogP) is 4.59. The number of carboxylic acids is 2. The van der Waals surface area contributed by atoms with Crippen molar-refractivity contribution in [3.8, 4) is 39.7 Å². The monoisotopic (exact) mass is 836 g/mol. The van der Waals surface area contributed by atoms with Gasteiger partial charge in [-0.25, -0.2) is 24.8 Å². The van der Waals surface area contributed by atoms with Gasteiger partial charge in [0.2, 0.25) is 11.4 Å². The van der Waals surface area contributed by atoms with Gasteiger partial charge in [0.05, 0.1) is 28.2 Å². The molecule has 2 aromatic carbocycles. The Hall–Kier alpha value is -6.43. The number of carbonyl (C=O) groups excluding carboxylic acids is 2. The Morgan fingerprint density at radius 3 is 1.85 bits per heavy atom. The Morgan fingerprint density at radius 1 is 0.811 bits per heavy atom. The molecule has 0 bridgehead atoms. The van der Waals surface area contributed by atoms with Gasteiger partial charge in [0, 0.05) is 35.0 Å². The number of ether oxygens (including phenoxy) is 2. The van der Waals surface area contributed by atoms with Crippen molar-refractivity contribution >= 4 is 76.7 Å². The van der Waals surface area contributed by atoms with E-state index in [2.05, 4.69) is 34.8 Å². The third-order valence-corrected chi connectivity index (χ3v) is 7.03. The molecule has 17 heteroatoms. The number of hydrogen-bond donors (Lipinski definition) is 2. The molecule has 0 saturated carbocycles. The van der Waals surface area contributed by atoms with Gasteiger partial charge in [-0.1, -0.05) is 48.0 Å². The largest absolute Gasteiger partial charge is 2.00 e. The first-order valence-electron chi connectivity index (χ1n) is 14.5. The molecule has 2 N–H and O–H groups in total. The Labute approximate surface area is 325 Å². The molecule has 0 saturated heterocycles. The van der Waals surface area contributed by atoms with Crippen LogP contribution in [0.2, 0.25) is 0 Å². The molecular weight excluding hydrogens is 810 g/mol. The van der Waals surface area contributed by atoms with Crippen molar-refractivity contribution < 1.29 is 67.5 Å². The molecule has 6 aromatic rings. The number of hydrogen-bond acceptors (Lipinski definition) is 11. The van der Waals surface area contributed by atoms with E-state index in [4.69, 9.17) is 25.3 Å². The van der Waals surface area contributed by atoms with Crippen molar-refractivity contribution in [1.29, 1.82) is 5.26 Å². The minimum absolute atomic E-state index is 0. The number of para-hydroxylation sites is 2. The topological polar surface area (TPSA) is 207 Å². The normalized spacial score (nSPS) is 9.38. The Bertz CT molecular complexity index is 2370. The van der Waals surface area contributed by atoms with E-state index < -0.39 is 11.9 Å². The third-order valence-electron chi connectivity index (χ3n) is 7.03. The Morgan fingerprint density at radius 2 is 1.30 bits per heavy atom. The zero-order chi connectivity index (χ0) is 38.2. The first-order chi connectivity index (χ1) is 25.0. The maximum absolute atomic E-state index is 11.5. The fourth-order valence-electron chi connectivity index (χ4n) is 4.80. The molecule has 14 nitrogen and oxygen atoms in total. The molecule has 0 aliphatic carbocycles. The number of thiocyanates is 1. The number of nitrogens with zero attached hydrogens (tertiary/aromatic N) is 6. The summed E-state index contributed by atoms with van der Waals surface area (Å²) in [6, 6.07) is 23.8. The standard InChI is InChI=1S/C17H13N2O4.C17H12N2O4.CHNS.CNS.Ru/c1-19-7-6-12(22-10-20)8-16(19)15-9-17(23-11-21)13-4-2-3-5-14(13)18-15;1-19-7-6-10(16(20)21)8-15(19)14-9-12(17(22)23)11-4-2-3-5-13(11)18-14;2*2-1-3;/h2-11H,1H3;2-9H,1H3,(H-,20,21,22,23);3H;;/q+1;;;-1;+2. The fourth-order valence-corrected chi connectivity index (χ4v) is 4.80. The van der Waals surface area contributed by atoms with Gasteiger partial charge < -0.3 is 37.7 Å². The second-order valence-electron chi connectivity index (χ2n) is 10.1. The van der Waals surface area contributed by atoms with Crippen molar-refractivity contribution in [3.05, 3.63) is 114 Å². The zero-order valence-electron chi connectivity index (χ0n) is 27.6. The molecule has 0 radical (unpaired) electrons. The zero-order valence-corrected chi connectivity index (χ0v) is 31.0. The van der Waals surface area contributed by atoms with E-state index in [-0.39, 0.29) is 30.6 Å². The third kappa shape index (κ3) is 11.3. The maximum Gasteiger partial charge on any atom is 2.00 e. The summed E-state index contributed by atoms with van der Waals surface area (Å²) in [6.45, 7) is 0.755. The molecule has 6 rings (SSSR count). The summed E-state index contributed by atoms with van der Waals surface area (Å²) >= 11 is 7.40. The van der Waals surface area contributed by atoms with Crippen LogP contribution in [0.5, 0.6) is 11.5 Å². The molecule has 266 valence electrons. The molecule has 53 heavy (non-hydrogen) atoms. The van der Waals surface area contributed by atoms with Crippen LogP contribution in [0.1, 0.15) is 20.7 Å². The van der Waals surface area contributed by atoms with Gasteiger partial charge in [-0.2, -0.15) is 14.3 Å². The van der Waals surface area contributed by atoms with E-state index in [1.54, 1.807) is 66.5 Å². The van der Waals surface area contributed by atoms with Gasteiger partial charge >= 0.3 is 31.4 Å². The minimum Gasteiger partial charge on any atom is -0.753 e. The van der Waals surface area contributed by atoms with E-state index in [1.807, 2.05) is 35.9 Å². The SMILES string of the molecule is C[n+]1ccc(C(=O)O)cc1-c1cc(C(=O)O)c2ccccc2n1.C[n+]1ccc(OC=O)cc1-c1cc(OC=O)c2ccccc2n1.N#C[S-].[N-]=C=S.[Ru+2]. The summed E-state index contributed by atoms with van der Waals surface area (Å²) in [5, 5.41) is 36.8. The predicted molar refractivity (Wildman–Crippen MR) is 193 cm³/mol. The van der Waals surface area contributed by atoms with Gasteiger partial charge in [-0.3, -0.25) is 9.59 Å². The molecule has 0 aliphatic heterocycles. The molecule has 0 aliphatic rings. The molecule has 0 amide bonds. The number of fused-ring (bicyclic) bond motifs is 2. The van der Waals surface area contributed by atoms with Crippen LogP contribution in [0.25, 0.3) is 50.0 Å². The quantitative estimate of drug-likeness (QED) is 0.0410. The van der Waals surface area contributed by atoms with Gasteiger partial charge in [-0.15, -0.1) is 0 Å². The molecule has 0 unspecified atom stereocenters. The van der Waals surface area contributed by atoms with Crippen LogP contribution in [-0.4, -0.2) is 50.2 Å². The Balaban J connectivity index is 0.000000314. The summed E-state index contributed by atoms with van der Waals surface area (Å²) < 4.78 is 13.5. The van der Waals surface area contributed by atoms with Crippen LogP contribution in [0, 0.1) is 10.7 Å². The Kier molecular flexibility index (Phi) is 17.0. The number of carboxylic acid groups (broad SMARTS) is 2.